The molecule has 0 saturated heterocycles. The molecule has 0 radical (unpaired) electrons. The SMILES string of the molecule is Cl.Cl.[CH2]=[Zr]([CH3])([CH2]CO)([C]1=CC=CC1)([C]1=CC=CC1)[SiH](C)C. The van der Waals surface area contributed by atoms with E-state index in [4.69, 9.17) is 4.21 Å². The normalized spacial score (nSPS) is 20.2. The van der Waals surface area contributed by atoms with Crippen LogP contribution in [0.3, 0.4) is 0 Å². The van der Waals surface area contributed by atoms with Crippen molar-refractivity contribution in [1.82, 2.24) is 0 Å². The molecule has 2 aliphatic carbocycles. The van der Waals surface area contributed by atoms with Crippen molar-refractivity contribution in [2.75, 3.05) is 6.61 Å². The average Bonchev–Trinajstić information content (AvgIpc) is 3.04. The molecule has 0 heterocycles. The molecule has 1 N–H and O–H groups in total. The summed E-state index contributed by atoms with van der Waals surface area (Å²) in [7, 11) is 0. The molecule has 0 aromatic rings. The Morgan fingerprint density at radius 3 is 1.76 bits per heavy atom. The van der Waals surface area contributed by atoms with Crippen molar-refractivity contribution in [1.29, 1.82) is 0 Å². The zero-order valence-electron chi connectivity index (χ0n) is 13.3. The molecule has 2 rings (SSSR count). The van der Waals surface area contributed by atoms with E-state index in [0.717, 1.165) is 17.0 Å². The summed E-state index contributed by atoms with van der Waals surface area (Å²) in [5, 5.41) is 9.84. The first kappa shape index (κ1) is 21.5. The Balaban J connectivity index is 0.00000200. The van der Waals surface area contributed by atoms with Gasteiger partial charge in [-0.15, -0.1) is 24.8 Å². The molecule has 5 heteroatoms. The number of allylic oxidation sites excluding steroid dienone is 8. The summed E-state index contributed by atoms with van der Waals surface area (Å²) in [5.74, 6) is -1.06. The maximum atomic E-state index is 9.84. The summed E-state index contributed by atoms with van der Waals surface area (Å²) in [6.45, 7) is 5.19. The summed E-state index contributed by atoms with van der Waals surface area (Å²) >= 11 is -3.94. The van der Waals surface area contributed by atoms with Gasteiger partial charge in [0.2, 0.25) is 0 Å². The first-order chi connectivity index (χ1) is 8.81. The third kappa shape index (κ3) is 2.74. The standard InChI is InChI=1S/2C5H5.C2H5O.C2H7Si.CH3.CH2.2ClH.Zr/c2*1-2-4-5-3-1;1-2-3;1-3-2;;;;;/h2*1-3H,4H2;3H,1-2H2;3H,1-2H3;1H3;1H2;2*1H;. The van der Waals surface area contributed by atoms with E-state index >= 15 is 0 Å². The fourth-order valence-corrected chi connectivity index (χ4v) is 36.5. The van der Waals surface area contributed by atoms with Crippen LogP contribution in [0.2, 0.25) is 21.9 Å². The van der Waals surface area contributed by atoms with Crippen molar-refractivity contribution in [3.8, 4) is 0 Å². The van der Waals surface area contributed by atoms with Crippen LogP contribution in [-0.4, -0.2) is 21.8 Å². The van der Waals surface area contributed by atoms with E-state index in [0.29, 0.717) is 0 Å². The Morgan fingerprint density at radius 1 is 1.10 bits per heavy atom. The van der Waals surface area contributed by atoms with E-state index in [1.807, 2.05) is 0 Å². The zero-order valence-corrected chi connectivity index (χ0v) is 18.6. The van der Waals surface area contributed by atoms with E-state index in [9.17, 15) is 5.11 Å². The fourth-order valence-electron chi connectivity index (χ4n) is 4.11. The van der Waals surface area contributed by atoms with Gasteiger partial charge in [0.15, 0.2) is 0 Å². The molecule has 2 aliphatic rings. The molecule has 0 aromatic heterocycles. The van der Waals surface area contributed by atoms with Crippen molar-refractivity contribution < 1.29 is 21.1 Å². The monoisotopic (exact) mass is 425 g/mol. The van der Waals surface area contributed by atoms with Gasteiger partial charge in [0.25, 0.3) is 0 Å². The van der Waals surface area contributed by atoms with Crippen LogP contribution in [0.1, 0.15) is 12.8 Å². The van der Waals surface area contributed by atoms with Crippen molar-refractivity contribution in [2.24, 2.45) is 0 Å². The summed E-state index contributed by atoms with van der Waals surface area (Å²) in [4.78, 5) is 0. The number of aliphatic hydroxyl groups is 1. The molecule has 121 valence electrons. The van der Waals surface area contributed by atoms with Crippen molar-refractivity contribution in [3.63, 3.8) is 0 Å². The average molecular weight is 428 g/mol. The van der Waals surface area contributed by atoms with Gasteiger partial charge in [-0.05, 0) is 0 Å². The van der Waals surface area contributed by atoms with Crippen molar-refractivity contribution >= 4 is 34.9 Å². The van der Waals surface area contributed by atoms with Crippen LogP contribution in [0.5, 0.6) is 0 Å². The Labute approximate surface area is 139 Å². The Bertz CT molecular complexity index is 578. The van der Waals surface area contributed by atoms with Gasteiger partial charge in [0.05, 0.1) is 0 Å². The van der Waals surface area contributed by atoms with Gasteiger partial charge in [0, 0.05) is 0 Å². The molecule has 1 nitrogen and oxygen atoms in total. The Hall–Kier alpha value is 0.470. The summed E-state index contributed by atoms with van der Waals surface area (Å²) < 4.78 is 11.7. The molecule has 0 atom stereocenters. The molecule has 0 unspecified atom stereocenters. The number of hydrogen-bond donors (Lipinski definition) is 1. The predicted octanol–water partition coefficient (Wildman–Crippen LogP) is 4.62. The number of aliphatic hydroxyl groups excluding tert-OH is 1. The van der Waals surface area contributed by atoms with Gasteiger partial charge in [-0.3, -0.25) is 0 Å². The van der Waals surface area contributed by atoms with E-state index in [-0.39, 0.29) is 31.4 Å². The van der Waals surface area contributed by atoms with Gasteiger partial charge in [-0.2, -0.15) is 0 Å². The van der Waals surface area contributed by atoms with Crippen LogP contribution in [0.25, 0.3) is 0 Å². The molecule has 0 spiro atoms. The van der Waals surface area contributed by atoms with Gasteiger partial charge in [0.1, 0.15) is 0 Å². The molecule has 0 aromatic carbocycles. The molecule has 0 aliphatic heterocycles. The fraction of sp³-hybridized carbons (Fsp3) is 0.438. The first-order valence-electron chi connectivity index (χ1n) is 7.40. The second-order valence-corrected chi connectivity index (χ2v) is 50.5. The van der Waals surface area contributed by atoms with E-state index in [1.54, 1.807) is 6.56 Å². The van der Waals surface area contributed by atoms with Crippen LogP contribution >= 0.6 is 24.8 Å². The second-order valence-electron chi connectivity index (χ2n) is 7.55. The van der Waals surface area contributed by atoms with Gasteiger partial charge < -0.3 is 0 Å². The number of halogens is 2. The molecular formula is C16H29Cl2OSiZr. The van der Waals surface area contributed by atoms with E-state index in [1.165, 1.54) is 0 Å². The molecule has 0 bridgehead atoms. The van der Waals surface area contributed by atoms with Gasteiger partial charge >= 0.3 is 116 Å². The third-order valence-corrected chi connectivity index (χ3v) is 63.2. The minimum atomic E-state index is -3.94. The van der Waals surface area contributed by atoms with Gasteiger partial charge in [-0.25, -0.2) is 0 Å². The van der Waals surface area contributed by atoms with Crippen LogP contribution in [0.4, 0.5) is 0 Å². The van der Waals surface area contributed by atoms with Gasteiger partial charge in [-0.1, -0.05) is 0 Å². The molecule has 21 heavy (non-hydrogen) atoms. The maximum absolute atomic E-state index is 9.84. The minimum absolute atomic E-state index is 0. The quantitative estimate of drug-likeness (QED) is 0.635. The van der Waals surface area contributed by atoms with Crippen LogP contribution < -0.4 is 0 Å². The van der Waals surface area contributed by atoms with Crippen LogP contribution in [0.15, 0.2) is 43.0 Å². The van der Waals surface area contributed by atoms with E-state index in [2.05, 4.69) is 54.2 Å². The number of rotatable bonds is 5. The summed E-state index contributed by atoms with van der Waals surface area (Å²) in [6, 6.07) is 0. The Kier molecular flexibility index (Phi) is 6.68. The van der Waals surface area contributed by atoms with Crippen LogP contribution in [-0.2, 0) is 16.0 Å². The molecule has 0 saturated carbocycles. The molecule has 0 amide bonds. The van der Waals surface area contributed by atoms with Crippen molar-refractivity contribution in [2.45, 2.75) is 34.7 Å². The third-order valence-electron chi connectivity index (χ3n) is 6.69. The van der Waals surface area contributed by atoms with Crippen LogP contribution in [0, 0.1) is 0 Å². The summed E-state index contributed by atoms with van der Waals surface area (Å²) in [5.41, 5.74) is 0. The predicted molar refractivity (Wildman–Crippen MR) is 102 cm³/mol. The van der Waals surface area contributed by atoms with Crippen molar-refractivity contribution in [3.05, 3.63) is 43.0 Å². The summed E-state index contributed by atoms with van der Waals surface area (Å²) in [6.07, 6.45) is 15.7. The first-order valence-corrected chi connectivity index (χ1v) is 22.9. The Morgan fingerprint density at radius 2 is 1.52 bits per heavy atom. The number of hydrogen-bond acceptors (Lipinski definition) is 1. The molecule has 0 fully saturated rings. The second kappa shape index (κ2) is 6.53. The topological polar surface area (TPSA) is 20.2 Å². The molecular weight excluding hydrogens is 398 g/mol. The zero-order chi connectivity index (χ0) is 14.2. The van der Waals surface area contributed by atoms with E-state index < -0.39 is 21.9 Å².